The number of carbonyl (C=O) groups excluding carboxylic acids is 2. The molecule has 3 N–H and O–H groups in total. The molecule has 6 heteroatoms. The summed E-state index contributed by atoms with van der Waals surface area (Å²) >= 11 is 0. The fourth-order valence-electron chi connectivity index (χ4n) is 3.03. The van der Waals surface area contributed by atoms with Crippen LogP contribution >= 0.6 is 0 Å². The van der Waals surface area contributed by atoms with Crippen molar-refractivity contribution in [1.29, 1.82) is 0 Å². The highest BCUT2D eigenvalue weighted by Gasteiger charge is 2.32. The van der Waals surface area contributed by atoms with Crippen molar-refractivity contribution in [2.45, 2.75) is 44.7 Å². The molecule has 1 fully saturated rings. The molecule has 0 radical (unpaired) electrons. The average Bonchev–Trinajstić information content (AvgIpc) is 2.58. The Morgan fingerprint density at radius 1 is 1.36 bits per heavy atom. The van der Waals surface area contributed by atoms with Crippen LogP contribution in [0.2, 0.25) is 0 Å². The zero-order valence-electron chi connectivity index (χ0n) is 15.1. The Morgan fingerprint density at radius 3 is 2.76 bits per heavy atom. The lowest BCUT2D eigenvalue weighted by Crippen LogP contribution is -2.57. The summed E-state index contributed by atoms with van der Waals surface area (Å²) in [6, 6.07) is 9.81. The molecule has 1 atom stereocenters. The number of aliphatic hydroxyl groups is 1. The second kappa shape index (κ2) is 8.97. The van der Waals surface area contributed by atoms with Gasteiger partial charge in [0.05, 0.1) is 24.6 Å². The number of nitrogens with one attached hydrogen (secondary N) is 2. The molecule has 1 aliphatic heterocycles. The Labute approximate surface area is 149 Å². The molecule has 1 heterocycles. The molecule has 0 aromatic heterocycles. The third-order valence-electron chi connectivity index (χ3n) is 4.45. The summed E-state index contributed by atoms with van der Waals surface area (Å²) in [4.78, 5) is 26.6. The molecule has 0 saturated carbocycles. The van der Waals surface area contributed by atoms with E-state index in [-0.39, 0.29) is 24.8 Å². The Morgan fingerprint density at radius 2 is 2.08 bits per heavy atom. The fourth-order valence-corrected chi connectivity index (χ4v) is 3.03. The molecule has 0 bridgehead atoms. The Bertz CT molecular complexity index is 575. The molecule has 1 aromatic rings. The largest absolute Gasteiger partial charge is 0.394 e. The van der Waals surface area contributed by atoms with Crippen LogP contribution < -0.4 is 10.6 Å². The Kier molecular flexibility index (Phi) is 6.96. The summed E-state index contributed by atoms with van der Waals surface area (Å²) in [5, 5.41) is 14.9. The monoisotopic (exact) mass is 347 g/mol. The number of hydrogen-bond acceptors (Lipinski definition) is 4. The van der Waals surface area contributed by atoms with E-state index in [1.807, 2.05) is 18.2 Å². The van der Waals surface area contributed by atoms with Gasteiger partial charge in [0.2, 0.25) is 11.8 Å². The lowest BCUT2D eigenvalue weighted by molar-refractivity contribution is -0.134. The first kappa shape index (κ1) is 19.4. The molecular weight excluding hydrogens is 318 g/mol. The van der Waals surface area contributed by atoms with Gasteiger partial charge in [-0.05, 0) is 38.8 Å². The summed E-state index contributed by atoms with van der Waals surface area (Å²) < 4.78 is 0. The first-order valence-electron chi connectivity index (χ1n) is 8.89. The summed E-state index contributed by atoms with van der Waals surface area (Å²) in [6.07, 6.45) is 2.01. The van der Waals surface area contributed by atoms with Gasteiger partial charge in [0.15, 0.2) is 0 Å². The van der Waals surface area contributed by atoms with Crippen LogP contribution in [-0.4, -0.2) is 59.6 Å². The van der Waals surface area contributed by atoms with Gasteiger partial charge in [-0.15, -0.1) is 0 Å². The van der Waals surface area contributed by atoms with Gasteiger partial charge in [-0.2, -0.15) is 0 Å². The van der Waals surface area contributed by atoms with E-state index in [1.165, 1.54) is 5.56 Å². The molecule has 0 aliphatic carbocycles. The van der Waals surface area contributed by atoms with Gasteiger partial charge in [0.1, 0.15) is 0 Å². The van der Waals surface area contributed by atoms with E-state index in [0.29, 0.717) is 6.54 Å². The van der Waals surface area contributed by atoms with E-state index in [2.05, 4.69) is 27.7 Å². The van der Waals surface area contributed by atoms with Crippen LogP contribution in [0.4, 0.5) is 0 Å². The number of carbonyl (C=O) groups is 2. The van der Waals surface area contributed by atoms with Gasteiger partial charge in [0.25, 0.3) is 0 Å². The van der Waals surface area contributed by atoms with Crippen LogP contribution in [0.15, 0.2) is 30.3 Å². The number of rotatable bonds is 8. The predicted octanol–water partition coefficient (Wildman–Crippen LogP) is 0.697. The molecule has 0 spiro atoms. The second-order valence-electron chi connectivity index (χ2n) is 7.23. The molecule has 1 unspecified atom stereocenters. The van der Waals surface area contributed by atoms with Gasteiger partial charge in [-0.25, -0.2) is 0 Å². The smallest absolute Gasteiger partial charge is 0.237 e. The summed E-state index contributed by atoms with van der Waals surface area (Å²) in [7, 11) is 0. The summed E-state index contributed by atoms with van der Waals surface area (Å²) in [6.45, 7) is 5.51. The summed E-state index contributed by atoms with van der Waals surface area (Å²) in [5.74, 6) is -0.308. The highest BCUT2D eigenvalue weighted by atomic mass is 16.3. The first-order valence-corrected chi connectivity index (χ1v) is 8.89. The first-order chi connectivity index (χ1) is 11.9. The quantitative estimate of drug-likeness (QED) is 0.646. The normalized spacial score (nSPS) is 18.7. The SMILES string of the molecule is CC(C)(CO)NC(=O)CC1C(=O)NCCN1CCCc1ccccc1. The van der Waals surface area contributed by atoms with Crippen molar-refractivity contribution >= 4 is 11.8 Å². The molecule has 1 aliphatic rings. The molecule has 138 valence electrons. The fraction of sp³-hybridized carbons (Fsp3) is 0.579. The van der Waals surface area contributed by atoms with Crippen LogP contribution in [-0.2, 0) is 16.0 Å². The van der Waals surface area contributed by atoms with E-state index in [9.17, 15) is 14.7 Å². The number of amides is 2. The van der Waals surface area contributed by atoms with E-state index in [4.69, 9.17) is 0 Å². The average molecular weight is 347 g/mol. The maximum absolute atomic E-state index is 12.2. The standard InChI is InChI=1S/C19H29N3O3/c1-19(2,14-23)21-17(24)13-16-18(25)20-10-12-22(16)11-6-9-15-7-4-3-5-8-15/h3-5,7-8,16,23H,6,9-14H2,1-2H3,(H,20,25)(H,21,24). The van der Waals surface area contributed by atoms with Crippen molar-refractivity contribution < 1.29 is 14.7 Å². The van der Waals surface area contributed by atoms with E-state index in [0.717, 1.165) is 25.9 Å². The summed E-state index contributed by atoms with van der Waals surface area (Å²) in [5.41, 5.74) is 0.600. The van der Waals surface area contributed by atoms with Crippen LogP contribution in [0.5, 0.6) is 0 Å². The molecule has 2 amide bonds. The van der Waals surface area contributed by atoms with Crippen LogP contribution in [0.25, 0.3) is 0 Å². The number of nitrogens with zero attached hydrogens (tertiary/aromatic N) is 1. The highest BCUT2D eigenvalue weighted by Crippen LogP contribution is 2.12. The highest BCUT2D eigenvalue weighted by molar-refractivity contribution is 5.89. The zero-order valence-corrected chi connectivity index (χ0v) is 15.1. The van der Waals surface area contributed by atoms with E-state index >= 15 is 0 Å². The van der Waals surface area contributed by atoms with Crippen molar-refractivity contribution in [3.63, 3.8) is 0 Å². The van der Waals surface area contributed by atoms with E-state index in [1.54, 1.807) is 13.8 Å². The van der Waals surface area contributed by atoms with Crippen molar-refractivity contribution in [3.05, 3.63) is 35.9 Å². The molecule has 25 heavy (non-hydrogen) atoms. The van der Waals surface area contributed by atoms with Crippen LogP contribution in [0.3, 0.4) is 0 Å². The topological polar surface area (TPSA) is 81.7 Å². The number of aliphatic hydroxyl groups excluding tert-OH is 1. The predicted molar refractivity (Wildman–Crippen MR) is 97.1 cm³/mol. The van der Waals surface area contributed by atoms with Crippen molar-refractivity contribution in [2.75, 3.05) is 26.2 Å². The zero-order chi connectivity index (χ0) is 18.3. The second-order valence-corrected chi connectivity index (χ2v) is 7.23. The number of piperazine rings is 1. The third kappa shape index (κ3) is 6.14. The van der Waals surface area contributed by atoms with Crippen molar-refractivity contribution in [1.82, 2.24) is 15.5 Å². The molecular formula is C19H29N3O3. The maximum Gasteiger partial charge on any atom is 0.237 e. The maximum atomic E-state index is 12.2. The lowest BCUT2D eigenvalue weighted by atomic mass is 10.0. The van der Waals surface area contributed by atoms with Crippen molar-refractivity contribution in [2.24, 2.45) is 0 Å². The minimum atomic E-state index is -0.680. The number of aryl methyl sites for hydroxylation is 1. The van der Waals surface area contributed by atoms with Crippen molar-refractivity contribution in [3.8, 4) is 0 Å². The minimum absolute atomic E-state index is 0.0945. The van der Waals surface area contributed by atoms with Gasteiger partial charge in [-0.3, -0.25) is 14.5 Å². The third-order valence-corrected chi connectivity index (χ3v) is 4.45. The molecule has 6 nitrogen and oxygen atoms in total. The lowest BCUT2D eigenvalue weighted by Gasteiger charge is -2.35. The van der Waals surface area contributed by atoms with Gasteiger partial charge in [0, 0.05) is 13.1 Å². The minimum Gasteiger partial charge on any atom is -0.394 e. The molecule has 2 rings (SSSR count). The van der Waals surface area contributed by atoms with Crippen LogP contribution in [0.1, 0.15) is 32.3 Å². The molecule has 1 aromatic carbocycles. The van der Waals surface area contributed by atoms with Gasteiger partial charge in [-0.1, -0.05) is 30.3 Å². The Balaban J connectivity index is 1.89. The van der Waals surface area contributed by atoms with Crippen LogP contribution in [0, 0.1) is 0 Å². The number of hydrogen-bond donors (Lipinski definition) is 3. The van der Waals surface area contributed by atoms with Gasteiger partial charge >= 0.3 is 0 Å². The Hall–Kier alpha value is -1.92. The van der Waals surface area contributed by atoms with Gasteiger partial charge < -0.3 is 15.7 Å². The van der Waals surface area contributed by atoms with E-state index < -0.39 is 11.6 Å². The molecule has 1 saturated heterocycles. The number of benzene rings is 1.